The average Bonchev–Trinajstić information content (AvgIpc) is 2.49. The Kier molecular flexibility index (Phi) is 6.37. The number of allylic oxidation sites excluding steroid dienone is 1. The molecule has 1 aromatic carbocycles. The molecule has 0 saturated carbocycles. The molecular weight excluding hydrogens is 268 g/mol. The van der Waals surface area contributed by atoms with Crippen LogP contribution in [0.25, 0.3) is 0 Å². The Balaban J connectivity index is 2.00. The molecule has 0 radical (unpaired) electrons. The van der Waals surface area contributed by atoms with E-state index >= 15 is 0 Å². The third kappa shape index (κ3) is 5.24. The fourth-order valence-corrected chi connectivity index (χ4v) is 2.92. The second-order valence-corrected chi connectivity index (χ2v) is 5.92. The van der Waals surface area contributed by atoms with Crippen molar-refractivity contribution in [2.45, 2.75) is 57.9 Å². The van der Waals surface area contributed by atoms with Gasteiger partial charge in [-0.25, -0.2) is 8.78 Å². The molecule has 0 saturated heterocycles. The molecule has 0 bridgehead atoms. The van der Waals surface area contributed by atoms with E-state index in [1.807, 2.05) is 0 Å². The van der Waals surface area contributed by atoms with Gasteiger partial charge in [-0.2, -0.15) is 0 Å². The minimum atomic E-state index is -0.771. The first-order valence-electron chi connectivity index (χ1n) is 8.04. The Hall–Kier alpha value is -1.22. The van der Waals surface area contributed by atoms with Gasteiger partial charge in [-0.05, 0) is 69.2 Å². The van der Waals surface area contributed by atoms with Crippen molar-refractivity contribution in [1.29, 1.82) is 0 Å². The Morgan fingerprint density at radius 1 is 1.14 bits per heavy atom. The van der Waals surface area contributed by atoms with Crippen molar-refractivity contribution < 1.29 is 8.78 Å². The summed E-state index contributed by atoms with van der Waals surface area (Å²) in [5.74, 6) is -1.52. The molecular formula is C18H25F2N. The number of rotatable bonds is 7. The quantitative estimate of drug-likeness (QED) is 0.714. The lowest BCUT2D eigenvalue weighted by molar-refractivity contribution is 0.483. The lowest BCUT2D eigenvalue weighted by Crippen LogP contribution is -2.32. The van der Waals surface area contributed by atoms with Gasteiger partial charge in [0.2, 0.25) is 0 Å². The molecule has 1 atom stereocenters. The van der Waals surface area contributed by atoms with Gasteiger partial charge >= 0.3 is 0 Å². The Morgan fingerprint density at radius 3 is 2.67 bits per heavy atom. The van der Waals surface area contributed by atoms with Crippen molar-refractivity contribution in [1.82, 2.24) is 5.32 Å². The number of benzene rings is 1. The molecule has 0 aromatic heterocycles. The molecule has 1 aliphatic rings. The number of hydrogen-bond donors (Lipinski definition) is 1. The summed E-state index contributed by atoms with van der Waals surface area (Å²) in [6, 6.07) is 4.54. The monoisotopic (exact) mass is 293 g/mol. The molecule has 1 unspecified atom stereocenters. The fourth-order valence-electron chi connectivity index (χ4n) is 2.92. The third-order valence-corrected chi connectivity index (χ3v) is 4.04. The lowest BCUT2D eigenvalue weighted by Gasteiger charge is -2.22. The number of nitrogens with one attached hydrogen (secondary N) is 1. The van der Waals surface area contributed by atoms with Crippen LogP contribution < -0.4 is 5.32 Å². The van der Waals surface area contributed by atoms with E-state index in [1.54, 1.807) is 6.07 Å². The maximum atomic E-state index is 13.3. The summed E-state index contributed by atoms with van der Waals surface area (Å²) in [7, 11) is 0. The Bertz CT molecular complexity index is 482. The van der Waals surface area contributed by atoms with Gasteiger partial charge in [0, 0.05) is 6.04 Å². The van der Waals surface area contributed by atoms with Crippen LogP contribution in [0, 0.1) is 11.6 Å². The molecule has 21 heavy (non-hydrogen) atoms. The first-order chi connectivity index (χ1) is 10.2. The summed E-state index contributed by atoms with van der Waals surface area (Å²) in [5, 5.41) is 3.54. The first kappa shape index (κ1) is 16.2. The summed E-state index contributed by atoms with van der Waals surface area (Å²) in [5.41, 5.74) is 2.37. The van der Waals surface area contributed by atoms with Crippen LogP contribution in [0.4, 0.5) is 8.78 Å². The van der Waals surface area contributed by atoms with Crippen molar-refractivity contribution >= 4 is 0 Å². The zero-order chi connectivity index (χ0) is 15.1. The van der Waals surface area contributed by atoms with Gasteiger partial charge in [0.25, 0.3) is 0 Å². The van der Waals surface area contributed by atoms with Crippen LogP contribution in [0.2, 0.25) is 0 Å². The van der Waals surface area contributed by atoms with Gasteiger partial charge in [-0.3, -0.25) is 0 Å². The third-order valence-electron chi connectivity index (χ3n) is 4.04. The van der Waals surface area contributed by atoms with Crippen LogP contribution in [0.3, 0.4) is 0 Å². The molecule has 3 heteroatoms. The Morgan fingerprint density at radius 2 is 2.00 bits per heavy atom. The molecule has 1 N–H and O–H groups in total. The molecule has 116 valence electrons. The average molecular weight is 293 g/mol. The molecule has 0 aliphatic heterocycles. The standard InChI is InChI=1S/C18H25F2N/c1-2-10-21-16(11-14-6-4-3-5-7-14)12-15-8-9-17(19)18(20)13-15/h6,8-9,13,16,21H,2-5,7,10-12H2,1H3. The Labute approximate surface area is 126 Å². The van der Waals surface area contributed by atoms with Crippen LogP contribution in [-0.2, 0) is 6.42 Å². The number of halogens is 2. The van der Waals surface area contributed by atoms with Crippen molar-refractivity contribution in [3.63, 3.8) is 0 Å². The van der Waals surface area contributed by atoms with Crippen molar-refractivity contribution in [2.75, 3.05) is 6.54 Å². The zero-order valence-electron chi connectivity index (χ0n) is 12.8. The van der Waals surface area contributed by atoms with Gasteiger partial charge < -0.3 is 5.32 Å². The SMILES string of the molecule is CCCNC(CC1=CCCCC1)Cc1ccc(F)c(F)c1. The second-order valence-electron chi connectivity index (χ2n) is 5.92. The first-order valence-corrected chi connectivity index (χ1v) is 8.04. The maximum Gasteiger partial charge on any atom is 0.159 e. The summed E-state index contributed by atoms with van der Waals surface area (Å²) in [4.78, 5) is 0. The summed E-state index contributed by atoms with van der Waals surface area (Å²) >= 11 is 0. The van der Waals surface area contributed by atoms with E-state index < -0.39 is 11.6 Å². The smallest absolute Gasteiger partial charge is 0.159 e. The maximum absolute atomic E-state index is 13.3. The van der Waals surface area contributed by atoms with E-state index in [0.29, 0.717) is 6.04 Å². The van der Waals surface area contributed by atoms with E-state index in [4.69, 9.17) is 0 Å². The highest BCUT2D eigenvalue weighted by Gasteiger charge is 2.14. The van der Waals surface area contributed by atoms with Crippen LogP contribution in [0.15, 0.2) is 29.8 Å². The van der Waals surface area contributed by atoms with E-state index in [1.165, 1.54) is 43.4 Å². The van der Waals surface area contributed by atoms with E-state index in [2.05, 4.69) is 18.3 Å². The van der Waals surface area contributed by atoms with Crippen LogP contribution in [0.1, 0.15) is 51.0 Å². The minimum Gasteiger partial charge on any atom is -0.313 e. The van der Waals surface area contributed by atoms with Crippen LogP contribution in [-0.4, -0.2) is 12.6 Å². The predicted octanol–water partition coefficient (Wildman–Crippen LogP) is 4.77. The molecule has 0 spiro atoms. The van der Waals surface area contributed by atoms with E-state index in [9.17, 15) is 8.78 Å². The molecule has 1 nitrogen and oxygen atoms in total. The van der Waals surface area contributed by atoms with Crippen molar-refractivity contribution in [3.05, 3.63) is 47.0 Å². The lowest BCUT2D eigenvalue weighted by atomic mass is 9.91. The van der Waals surface area contributed by atoms with E-state index in [0.717, 1.165) is 31.4 Å². The predicted molar refractivity (Wildman–Crippen MR) is 83.3 cm³/mol. The molecule has 0 fully saturated rings. The van der Waals surface area contributed by atoms with Gasteiger partial charge in [-0.15, -0.1) is 0 Å². The van der Waals surface area contributed by atoms with Gasteiger partial charge in [0.1, 0.15) is 0 Å². The molecule has 1 aromatic rings. The van der Waals surface area contributed by atoms with Crippen LogP contribution in [0.5, 0.6) is 0 Å². The molecule has 2 rings (SSSR count). The second kappa shape index (κ2) is 8.28. The van der Waals surface area contributed by atoms with Crippen LogP contribution >= 0.6 is 0 Å². The molecule has 0 heterocycles. The van der Waals surface area contributed by atoms with Crippen molar-refractivity contribution in [3.8, 4) is 0 Å². The summed E-state index contributed by atoms with van der Waals surface area (Å²) < 4.78 is 26.3. The largest absolute Gasteiger partial charge is 0.313 e. The fraction of sp³-hybridized carbons (Fsp3) is 0.556. The van der Waals surface area contributed by atoms with E-state index in [-0.39, 0.29) is 0 Å². The highest BCUT2D eigenvalue weighted by atomic mass is 19.2. The zero-order valence-corrected chi connectivity index (χ0v) is 12.8. The minimum absolute atomic E-state index is 0.305. The topological polar surface area (TPSA) is 12.0 Å². The molecule has 0 amide bonds. The van der Waals surface area contributed by atoms with Gasteiger partial charge in [0.15, 0.2) is 11.6 Å². The van der Waals surface area contributed by atoms with Gasteiger partial charge in [-0.1, -0.05) is 24.6 Å². The molecule has 1 aliphatic carbocycles. The highest BCUT2D eigenvalue weighted by Crippen LogP contribution is 2.23. The van der Waals surface area contributed by atoms with Gasteiger partial charge in [0.05, 0.1) is 0 Å². The number of hydrogen-bond acceptors (Lipinski definition) is 1. The summed E-state index contributed by atoms with van der Waals surface area (Å²) in [6.45, 7) is 3.10. The highest BCUT2D eigenvalue weighted by molar-refractivity contribution is 5.20. The summed E-state index contributed by atoms with van der Waals surface area (Å²) in [6.07, 6.45) is 10.1. The normalized spacial score (nSPS) is 16.6. The van der Waals surface area contributed by atoms with Crippen molar-refractivity contribution in [2.24, 2.45) is 0 Å².